The van der Waals surface area contributed by atoms with Gasteiger partial charge in [0.05, 0.1) is 12.6 Å². The zero-order chi connectivity index (χ0) is 14.8. The zero-order valence-corrected chi connectivity index (χ0v) is 12.0. The van der Waals surface area contributed by atoms with Crippen LogP contribution in [0.1, 0.15) is 37.5 Å². The molecule has 2 aliphatic heterocycles. The van der Waals surface area contributed by atoms with Crippen LogP contribution in [0.15, 0.2) is 4.52 Å². The minimum atomic E-state index is -0.302. The Bertz CT molecular complexity index is 544. The summed E-state index contributed by atoms with van der Waals surface area (Å²) in [5.41, 5.74) is 0. The third-order valence-corrected chi connectivity index (χ3v) is 3.94. The molecule has 0 saturated carbocycles. The van der Waals surface area contributed by atoms with Crippen LogP contribution < -0.4 is 5.32 Å². The molecule has 0 aliphatic carbocycles. The van der Waals surface area contributed by atoms with E-state index in [0.717, 1.165) is 19.4 Å². The summed E-state index contributed by atoms with van der Waals surface area (Å²) in [4.78, 5) is 31.4. The van der Waals surface area contributed by atoms with E-state index >= 15 is 0 Å². The van der Waals surface area contributed by atoms with Crippen LogP contribution in [0.25, 0.3) is 0 Å². The van der Waals surface area contributed by atoms with E-state index in [4.69, 9.17) is 4.52 Å². The van der Waals surface area contributed by atoms with Crippen molar-refractivity contribution in [1.29, 1.82) is 0 Å². The molecule has 2 fully saturated rings. The Morgan fingerprint density at radius 2 is 2.33 bits per heavy atom. The first-order chi connectivity index (χ1) is 10.2. The summed E-state index contributed by atoms with van der Waals surface area (Å²) in [7, 11) is 0. The standard InChI is InChI=1S/C13H19N5O3/c1-2-10-15-12(16-21-10)9-4-3-6-17(9)8-11(19)18-7-5-14-13(18)20/h9H,2-8H2,1H3,(H,14,20)/t9-/m0/s1. The number of aryl methyl sites for hydroxylation is 1. The largest absolute Gasteiger partial charge is 0.339 e. The van der Waals surface area contributed by atoms with Gasteiger partial charge in [0, 0.05) is 19.5 Å². The molecule has 1 aromatic heterocycles. The van der Waals surface area contributed by atoms with Crippen molar-refractivity contribution in [3.8, 4) is 0 Å². The van der Waals surface area contributed by atoms with E-state index in [1.165, 1.54) is 4.90 Å². The predicted molar refractivity (Wildman–Crippen MR) is 72.3 cm³/mol. The highest BCUT2D eigenvalue weighted by Crippen LogP contribution is 2.29. The Morgan fingerprint density at radius 1 is 1.48 bits per heavy atom. The van der Waals surface area contributed by atoms with Gasteiger partial charge in [0.1, 0.15) is 0 Å². The summed E-state index contributed by atoms with van der Waals surface area (Å²) in [6.45, 7) is 3.95. The van der Waals surface area contributed by atoms with Gasteiger partial charge in [-0.1, -0.05) is 12.1 Å². The fourth-order valence-corrected chi connectivity index (χ4v) is 2.82. The normalized spacial score (nSPS) is 22.8. The maximum atomic E-state index is 12.2. The summed E-state index contributed by atoms with van der Waals surface area (Å²) in [5, 5.41) is 6.64. The fraction of sp³-hybridized carbons (Fsp3) is 0.692. The van der Waals surface area contributed by atoms with E-state index in [1.807, 2.05) is 11.8 Å². The van der Waals surface area contributed by atoms with Gasteiger partial charge in [-0.25, -0.2) is 4.79 Å². The van der Waals surface area contributed by atoms with E-state index in [9.17, 15) is 9.59 Å². The fourth-order valence-electron chi connectivity index (χ4n) is 2.82. The number of nitrogens with one attached hydrogen (secondary N) is 1. The lowest BCUT2D eigenvalue weighted by Gasteiger charge is -2.23. The van der Waals surface area contributed by atoms with Crippen LogP contribution in [0.4, 0.5) is 4.79 Å². The van der Waals surface area contributed by atoms with E-state index in [0.29, 0.717) is 31.2 Å². The van der Waals surface area contributed by atoms with Gasteiger partial charge in [0.25, 0.3) is 0 Å². The van der Waals surface area contributed by atoms with Crippen molar-refractivity contribution in [3.05, 3.63) is 11.7 Å². The third kappa shape index (κ3) is 2.76. The smallest absolute Gasteiger partial charge is 0.324 e. The molecule has 3 amide bonds. The first-order valence-electron chi connectivity index (χ1n) is 7.33. The molecule has 0 bridgehead atoms. The number of likely N-dealkylation sites (tertiary alicyclic amines) is 1. The van der Waals surface area contributed by atoms with E-state index < -0.39 is 0 Å². The van der Waals surface area contributed by atoms with Gasteiger partial charge in [-0.05, 0) is 19.4 Å². The van der Waals surface area contributed by atoms with Crippen molar-refractivity contribution in [3.63, 3.8) is 0 Å². The number of hydrogen-bond acceptors (Lipinski definition) is 6. The average Bonchev–Trinajstić information content (AvgIpc) is 3.17. The number of carbonyl (C=O) groups excluding carboxylic acids is 2. The topological polar surface area (TPSA) is 91.6 Å². The summed E-state index contributed by atoms with van der Waals surface area (Å²) < 4.78 is 5.15. The monoisotopic (exact) mass is 293 g/mol. The molecule has 2 aliphatic rings. The van der Waals surface area contributed by atoms with Crippen LogP contribution in [0.3, 0.4) is 0 Å². The zero-order valence-electron chi connectivity index (χ0n) is 12.0. The van der Waals surface area contributed by atoms with Crippen LogP contribution in [0.2, 0.25) is 0 Å². The second-order valence-corrected chi connectivity index (χ2v) is 5.31. The van der Waals surface area contributed by atoms with Gasteiger partial charge >= 0.3 is 6.03 Å². The summed E-state index contributed by atoms with van der Waals surface area (Å²) >= 11 is 0. The van der Waals surface area contributed by atoms with Crippen molar-refractivity contribution in [2.45, 2.75) is 32.2 Å². The molecule has 0 radical (unpaired) electrons. The molecule has 8 nitrogen and oxygen atoms in total. The molecule has 1 atom stereocenters. The molecule has 1 aromatic rings. The Labute approximate surface area is 122 Å². The van der Waals surface area contributed by atoms with Crippen molar-refractivity contribution in [2.24, 2.45) is 0 Å². The molecule has 8 heteroatoms. The molecule has 21 heavy (non-hydrogen) atoms. The minimum absolute atomic E-state index is 0.00339. The van der Waals surface area contributed by atoms with Gasteiger partial charge in [-0.2, -0.15) is 4.98 Å². The minimum Gasteiger partial charge on any atom is -0.339 e. The van der Waals surface area contributed by atoms with Gasteiger partial charge in [-0.3, -0.25) is 14.6 Å². The molecule has 0 aromatic carbocycles. The van der Waals surface area contributed by atoms with Crippen molar-refractivity contribution in [2.75, 3.05) is 26.2 Å². The lowest BCUT2D eigenvalue weighted by atomic mass is 10.2. The van der Waals surface area contributed by atoms with Crippen LogP contribution in [0.5, 0.6) is 0 Å². The highest BCUT2D eigenvalue weighted by molar-refractivity contribution is 5.96. The summed E-state index contributed by atoms with van der Waals surface area (Å²) in [5.74, 6) is 1.08. The number of carbonyl (C=O) groups is 2. The number of imide groups is 1. The van der Waals surface area contributed by atoms with E-state index in [1.54, 1.807) is 0 Å². The lowest BCUT2D eigenvalue weighted by Crippen LogP contribution is -2.41. The highest BCUT2D eigenvalue weighted by atomic mass is 16.5. The maximum absolute atomic E-state index is 12.2. The Balaban J connectivity index is 1.66. The van der Waals surface area contributed by atoms with Crippen LogP contribution in [0, 0.1) is 0 Å². The molecule has 3 rings (SSSR count). The molecule has 1 N–H and O–H groups in total. The van der Waals surface area contributed by atoms with Gasteiger partial charge in [-0.15, -0.1) is 0 Å². The van der Waals surface area contributed by atoms with Gasteiger partial charge in [0.2, 0.25) is 11.8 Å². The average molecular weight is 293 g/mol. The Kier molecular flexibility index (Phi) is 3.87. The highest BCUT2D eigenvalue weighted by Gasteiger charge is 2.34. The summed E-state index contributed by atoms with van der Waals surface area (Å²) in [6.07, 6.45) is 2.59. The van der Waals surface area contributed by atoms with Crippen molar-refractivity contribution >= 4 is 11.9 Å². The lowest BCUT2D eigenvalue weighted by molar-refractivity contribution is -0.129. The first-order valence-corrected chi connectivity index (χ1v) is 7.33. The van der Waals surface area contributed by atoms with Crippen molar-refractivity contribution in [1.82, 2.24) is 25.3 Å². The third-order valence-electron chi connectivity index (χ3n) is 3.94. The van der Waals surface area contributed by atoms with E-state index in [2.05, 4.69) is 15.5 Å². The molecule has 114 valence electrons. The molecule has 3 heterocycles. The number of amides is 3. The van der Waals surface area contributed by atoms with E-state index in [-0.39, 0.29) is 24.5 Å². The number of hydrogen-bond donors (Lipinski definition) is 1. The van der Waals surface area contributed by atoms with Crippen LogP contribution in [-0.4, -0.2) is 58.1 Å². The molecular formula is C13H19N5O3. The SMILES string of the molecule is CCc1nc([C@@H]2CCCN2CC(=O)N2CCNC2=O)no1. The number of rotatable bonds is 4. The molecule has 0 unspecified atom stereocenters. The maximum Gasteiger partial charge on any atom is 0.324 e. The second kappa shape index (κ2) is 5.80. The van der Waals surface area contributed by atoms with Gasteiger partial charge < -0.3 is 9.84 Å². The molecular weight excluding hydrogens is 274 g/mol. The first kappa shape index (κ1) is 14.0. The Hall–Kier alpha value is -1.96. The number of urea groups is 1. The Morgan fingerprint density at radius 3 is 3.00 bits per heavy atom. The van der Waals surface area contributed by atoms with Crippen LogP contribution in [-0.2, 0) is 11.2 Å². The van der Waals surface area contributed by atoms with Gasteiger partial charge in [0.15, 0.2) is 5.82 Å². The number of nitrogens with zero attached hydrogens (tertiary/aromatic N) is 4. The number of aromatic nitrogens is 2. The quantitative estimate of drug-likeness (QED) is 0.859. The summed E-state index contributed by atoms with van der Waals surface area (Å²) in [6, 6.07) is -0.299. The van der Waals surface area contributed by atoms with Crippen molar-refractivity contribution < 1.29 is 14.1 Å². The molecule has 0 spiro atoms. The van der Waals surface area contributed by atoms with Crippen LogP contribution >= 0.6 is 0 Å². The predicted octanol–water partition coefficient (Wildman–Crippen LogP) is 0.321. The molecule has 2 saturated heterocycles. The second-order valence-electron chi connectivity index (χ2n) is 5.31.